The smallest absolute Gasteiger partial charge is 0.352 e. The molecular formula is C6H7NO3S. The molecule has 0 saturated heterocycles. The zero-order valence-electron chi connectivity index (χ0n) is 5.83. The highest BCUT2D eigenvalue weighted by atomic mass is 32.2. The number of aliphatic carboxylic acids is 1. The van der Waals surface area contributed by atoms with Crippen LogP contribution in [-0.4, -0.2) is 15.3 Å². The highest BCUT2D eigenvalue weighted by molar-refractivity contribution is 7.91. The average molecular weight is 173 g/mol. The van der Waals surface area contributed by atoms with E-state index in [9.17, 15) is 9.00 Å². The minimum Gasteiger partial charge on any atom is -0.477 e. The van der Waals surface area contributed by atoms with E-state index in [4.69, 9.17) is 5.11 Å². The van der Waals surface area contributed by atoms with Crippen molar-refractivity contribution in [1.29, 1.82) is 0 Å². The van der Waals surface area contributed by atoms with E-state index in [1.807, 2.05) is 0 Å². The quantitative estimate of drug-likeness (QED) is 0.591. The third-order valence-corrected chi connectivity index (χ3v) is 2.14. The Hall–Kier alpha value is -1.10. The fourth-order valence-corrected chi connectivity index (χ4v) is 1.57. The van der Waals surface area contributed by atoms with Gasteiger partial charge in [-0.2, -0.15) is 0 Å². The van der Waals surface area contributed by atoms with Crippen molar-refractivity contribution in [2.75, 3.05) is 0 Å². The molecule has 5 heteroatoms. The lowest BCUT2D eigenvalue weighted by molar-refractivity contribution is -0.133. The number of carboxylic acids is 1. The maximum absolute atomic E-state index is 10.8. The monoisotopic (exact) mass is 173 g/mol. The molecule has 0 bridgehead atoms. The van der Waals surface area contributed by atoms with Crippen LogP contribution in [0.4, 0.5) is 0 Å². The first-order valence-corrected chi connectivity index (χ1v) is 4.17. The van der Waals surface area contributed by atoms with Gasteiger partial charge in [-0.3, -0.25) is 4.21 Å². The summed E-state index contributed by atoms with van der Waals surface area (Å²) in [7, 11) is -1.29. The van der Waals surface area contributed by atoms with Gasteiger partial charge in [0.05, 0.1) is 10.8 Å². The lowest BCUT2D eigenvalue weighted by Crippen LogP contribution is -2.21. The summed E-state index contributed by atoms with van der Waals surface area (Å²) in [5.74, 6) is -1.09. The Balaban J connectivity index is 2.88. The first-order chi connectivity index (χ1) is 5.09. The van der Waals surface area contributed by atoms with Gasteiger partial charge < -0.3 is 10.4 Å². The number of hydrogen-bond donors (Lipinski definition) is 2. The van der Waals surface area contributed by atoms with Crippen molar-refractivity contribution in [2.24, 2.45) is 0 Å². The van der Waals surface area contributed by atoms with Gasteiger partial charge in [-0.25, -0.2) is 4.79 Å². The molecular weight excluding hydrogens is 166 g/mol. The number of hydrogen-bond acceptors (Lipinski definition) is 3. The fourth-order valence-electron chi connectivity index (χ4n) is 0.700. The van der Waals surface area contributed by atoms with Crippen molar-refractivity contribution in [1.82, 2.24) is 5.32 Å². The average Bonchev–Trinajstić information content (AvgIpc) is 1.85. The number of allylic oxidation sites excluding steroid dienone is 1. The molecule has 0 aromatic heterocycles. The molecule has 2 N–H and O–H groups in total. The van der Waals surface area contributed by atoms with Crippen molar-refractivity contribution in [3.63, 3.8) is 0 Å². The van der Waals surface area contributed by atoms with Crippen LogP contribution in [0.1, 0.15) is 6.92 Å². The summed E-state index contributed by atoms with van der Waals surface area (Å²) in [6.07, 6.45) is 0. The van der Waals surface area contributed by atoms with Gasteiger partial charge in [0.15, 0.2) is 0 Å². The molecule has 0 radical (unpaired) electrons. The Morgan fingerprint density at radius 3 is 2.73 bits per heavy atom. The molecule has 0 fully saturated rings. The molecule has 11 heavy (non-hydrogen) atoms. The van der Waals surface area contributed by atoms with E-state index in [2.05, 4.69) is 5.32 Å². The fraction of sp³-hybridized carbons (Fsp3) is 0.167. The van der Waals surface area contributed by atoms with Gasteiger partial charge in [-0.05, 0) is 6.92 Å². The van der Waals surface area contributed by atoms with Crippen molar-refractivity contribution in [2.45, 2.75) is 6.92 Å². The number of nitrogens with one attached hydrogen (secondary N) is 1. The molecule has 1 unspecified atom stereocenters. The van der Waals surface area contributed by atoms with Gasteiger partial charge >= 0.3 is 5.97 Å². The van der Waals surface area contributed by atoms with Gasteiger partial charge in [0, 0.05) is 16.5 Å². The van der Waals surface area contributed by atoms with Gasteiger partial charge in [-0.1, -0.05) is 0 Å². The van der Waals surface area contributed by atoms with Crippen LogP contribution < -0.4 is 5.32 Å². The van der Waals surface area contributed by atoms with Gasteiger partial charge in [-0.15, -0.1) is 0 Å². The lowest BCUT2D eigenvalue weighted by Gasteiger charge is -2.09. The molecule has 1 heterocycles. The first-order valence-electron chi connectivity index (χ1n) is 2.89. The molecule has 0 spiro atoms. The summed E-state index contributed by atoms with van der Waals surface area (Å²) in [4.78, 5) is 10.4. The van der Waals surface area contributed by atoms with E-state index in [1.165, 1.54) is 5.41 Å². The van der Waals surface area contributed by atoms with Crippen LogP contribution in [0.15, 0.2) is 22.2 Å². The zero-order valence-corrected chi connectivity index (χ0v) is 6.64. The summed E-state index contributed by atoms with van der Waals surface area (Å²) < 4.78 is 10.8. The second-order valence-electron chi connectivity index (χ2n) is 2.09. The molecule has 0 amide bonds. The van der Waals surface area contributed by atoms with Crippen LogP contribution in [0, 0.1) is 0 Å². The molecule has 1 atom stereocenters. The van der Waals surface area contributed by atoms with Crippen LogP contribution in [0.3, 0.4) is 0 Å². The zero-order chi connectivity index (χ0) is 8.43. The van der Waals surface area contributed by atoms with Crippen molar-refractivity contribution in [3.8, 4) is 0 Å². The van der Waals surface area contributed by atoms with Crippen LogP contribution in [0.2, 0.25) is 0 Å². The van der Waals surface area contributed by atoms with Crippen LogP contribution in [0.25, 0.3) is 0 Å². The molecule has 0 aromatic rings. The SMILES string of the molecule is CC1=CS(=O)C=C(C(=O)O)N1. The Labute approximate surface area is 66.1 Å². The summed E-state index contributed by atoms with van der Waals surface area (Å²) in [5, 5.41) is 13.7. The molecule has 1 aliphatic heterocycles. The number of carboxylic acid groups (broad SMARTS) is 1. The highest BCUT2D eigenvalue weighted by Gasteiger charge is 2.12. The third kappa shape index (κ3) is 1.91. The van der Waals surface area contributed by atoms with E-state index >= 15 is 0 Å². The van der Waals surface area contributed by atoms with E-state index in [0.717, 1.165) is 5.41 Å². The van der Waals surface area contributed by atoms with Gasteiger partial charge in [0.25, 0.3) is 0 Å². The predicted molar refractivity (Wildman–Crippen MR) is 40.8 cm³/mol. The van der Waals surface area contributed by atoms with Crippen molar-refractivity contribution < 1.29 is 14.1 Å². The molecule has 0 aliphatic carbocycles. The normalized spacial score (nSPS) is 23.2. The Bertz CT molecular complexity index is 280. The topological polar surface area (TPSA) is 66.4 Å². The molecule has 4 nitrogen and oxygen atoms in total. The van der Waals surface area contributed by atoms with Crippen LogP contribution in [0.5, 0.6) is 0 Å². The second-order valence-corrected chi connectivity index (χ2v) is 3.22. The summed E-state index contributed by atoms with van der Waals surface area (Å²) in [6.45, 7) is 1.66. The maximum Gasteiger partial charge on any atom is 0.352 e. The third-order valence-electron chi connectivity index (χ3n) is 1.09. The Kier molecular flexibility index (Phi) is 2.09. The first kappa shape index (κ1) is 8.00. The Morgan fingerprint density at radius 1 is 1.64 bits per heavy atom. The number of carbonyl (C=O) groups is 1. The maximum atomic E-state index is 10.8. The summed E-state index contributed by atoms with van der Waals surface area (Å²) >= 11 is 0. The summed E-state index contributed by atoms with van der Waals surface area (Å²) in [6, 6.07) is 0. The van der Waals surface area contributed by atoms with E-state index in [0.29, 0.717) is 5.70 Å². The van der Waals surface area contributed by atoms with Crippen LogP contribution in [-0.2, 0) is 15.6 Å². The molecule has 60 valence electrons. The molecule has 0 saturated carbocycles. The standard InChI is InChI=1S/C6H7NO3S/c1-4-2-11(10)3-5(7-4)6(8)9/h2-3,7H,1H3,(H,8,9). The van der Waals surface area contributed by atoms with Crippen molar-refractivity contribution in [3.05, 3.63) is 22.2 Å². The van der Waals surface area contributed by atoms with E-state index in [-0.39, 0.29) is 5.70 Å². The molecule has 0 aromatic carbocycles. The lowest BCUT2D eigenvalue weighted by atomic mass is 10.4. The highest BCUT2D eigenvalue weighted by Crippen LogP contribution is 2.06. The second kappa shape index (κ2) is 2.87. The molecule has 1 rings (SSSR count). The minimum atomic E-state index is -1.29. The van der Waals surface area contributed by atoms with Crippen LogP contribution >= 0.6 is 0 Å². The van der Waals surface area contributed by atoms with Gasteiger partial charge in [0.2, 0.25) is 0 Å². The number of rotatable bonds is 1. The Morgan fingerprint density at radius 2 is 2.27 bits per heavy atom. The predicted octanol–water partition coefficient (Wildman–Crippen LogP) is 0.126. The molecule has 1 aliphatic rings. The largest absolute Gasteiger partial charge is 0.477 e. The van der Waals surface area contributed by atoms with E-state index < -0.39 is 16.8 Å². The minimum absolute atomic E-state index is 0.0247. The van der Waals surface area contributed by atoms with Crippen molar-refractivity contribution >= 4 is 16.8 Å². The summed E-state index contributed by atoms with van der Waals surface area (Å²) in [5.41, 5.74) is 0.576. The van der Waals surface area contributed by atoms with E-state index in [1.54, 1.807) is 6.92 Å². The van der Waals surface area contributed by atoms with Gasteiger partial charge in [0.1, 0.15) is 5.70 Å².